The van der Waals surface area contributed by atoms with Crippen LogP contribution in [0.1, 0.15) is 42.9 Å². The van der Waals surface area contributed by atoms with E-state index in [4.69, 9.17) is 0 Å². The van der Waals surface area contributed by atoms with E-state index in [1.165, 1.54) is 5.56 Å². The summed E-state index contributed by atoms with van der Waals surface area (Å²) in [6, 6.07) is 19.5. The third-order valence-electron chi connectivity index (χ3n) is 3.87. The predicted octanol–water partition coefficient (Wildman–Crippen LogP) is 3.42. The van der Waals surface area contributed by atoms with Gasteiger partial charge in [0.1, 0.15) is 0 Å². The molecule has 0 aliphatic rings. The van der Waals surface area contributed by atoms with Gasteiger partial charge in [-0.1, -0.05) is 67.6 Å². The number of hydrogen-bond donors (Lipinski definition) is 2. The van der Waals surface area contributed by atoms with E-state index in [0.29, 0.717) is 12.5 Å². The molecular formula is C19H23NO2. The highest BCUT2D eigenvalue weighted by Crippen LogP contribution is 2.19. The second-order valence-corrected chi connectivity index (χ2v) is 5.45. The number of rotatable bonds is 7. The van der Waals surface area contributed by atoms with Crippen LogP contribution in [0.15, 0.2) is 60.7 Å². The van der Waals surface area contributed by atoms with E-state index in [9.17, 15) is 9.90 Å². The van der Waals surface area contributed by atoms with Gasteiger partial charge in [-0.3, -0.25) is 4.79 Å². The lowest BCUT2D eigenvalue weighted by atomic mass is 9.96. The Morgan fingerprint density at radius 1 is 1.00 bits per heavy atom. The molecule has 2 unspecified atom stereocenters. The smallest absolute Gasteiger partial charge is 0.222 e. The third-order valence-corrected chi connectivity index (χ3v) is 3.87. The molecule has 2 aromatic carbocycles. The van der Waals surface area contributed by atoms with Gasteiger partial charge < -0.3 is 10.4 Å². The Kier molecular flexibility index (Phi) is 6.16. The van der Waals surface area contributed by atoms with Gasteiger partial charge in [-0.2, -0.15) is 0 Å². The molecule has 0 heterocycles. The van der Waals surface area contributed by atoms with E-state index in [0.717, 1.165) is 12.0 Å². The molecule has 0 aromatic heterocycles. The van der Waals surface area contributed by atoms with Crippen LogP contribution >= 0.6 is 0 Å². The average Bonchev–Trinajstić information content (AvgIpc) is 2.57. The summed E-state index contributed by atoms with van der Waals surface area (Å²) >= 11 is 0. The second-order valence-electron chi connectivity index (χ2n) is 5.45. The first-order valence-corrected chi connectivity index (χ1v) is 7.75. The average molecular weight is 297 g/mol. The van der Waals surface area contributed by atoms with Crippen molar-refractivity contribution < 1.29 is 9.90 Å². The van der Waals surface area contributed by atoms with Crippen molar-refractivity contribution in [2.24, 2.45) is 0 Å². The lowest BCUT2D eigenvalue weighted by Crippen LogP contribution is -2.29. The molecule has 116 valence electrons. The molecule has 0 fully saturated rings. The number of carbonyl (C=O) groups excluding carboxylic acids is 1. The Morgan fingerprint density at radius 2 is 1.55 bits per heavy atom. The van der Waals surface area contributed by atoms with Gasteiger partial charge in [0.2, 0.25) is 5.91 Å². The van der Waals surface area contributed by atoms with E-state index in [-0.39, 0.29) is 12.3 Å². The zero-order valence-electron chi connectivity index (χ0n) is 12.9. The Balaban J connectivity index is 1.84. The number of amides is 1. The minimum Gasteiger partial charge on any atom is -0.388 e. The van der Waals surface area contributed by atoms with E-state index < -0.39 is 6.10 Å². The highest BCUT2D eigenvalue weighted by Gasteiger charge is 2.15. The lowest BCUT2D eigenvalue weighted by Gasteiger charge is -2.17. The number of aliphatic hydroxyl groups excluding tert-OH is 1. The predicted molar refractivity (Wildman–Crippen MR) is 88.5 cm³/mol. The minimum atomic E-state index is -0.752. The summed E-state index contributed by atoms with van der Waals surface area (Å²) in [5.74, 6) is 0.185. The number of carbonyl (C=O) groups is 1. The fourth-order valence-electron chi connectivity index (χ4n) is 2.50. The van der Waals surface area contributed by atoms with Crippen LogP contribution in [0.5, 0.6) is 0 Å². The zero-order valence-corrected chi connectivity index (χ0v) is 12.9. The monoisotopic (exact) mass is 297 g/mol. The fraction of sp³-hybridized carbons (Fsp3) is 0.316. The molecule has 0 radical (unpaired) electrons. The molecule has 3 heteroatoms. The lowest BCUT2D eigenvalue weighted by molar-refractivity contribution is -0.123. The van der Waals surface area contributed by atoms with Gasteiger partial charge in [-0.25, -0.2) is 0 Å². The van der Waals surface area contributed by atoms with Crippen LogP contribution in [0, 0.1) is 0 Å². The van der Waals surface area contributed by atoms with Crippen molar-refractivity contribution in [1.82, 2.24) is 5.32 Å². The van der Waals surface area contributed by atoms with Gasteiger partial charge >= 0.3 is 0 Å². The normalized spacial score (nSPS) is 13.4. The van der Waals surface area contributed by atoms with Crippen molar-refractivity contribution in [1.29, 1.82) is 0 Å². The summed E-state index contributed by atoms with van der Waals surface area (Å²) in [5.41, 5.74) is 2.00. The van der Waals surface area contributed by atoms with Gasteiger partial charge in [0, 0.05) is 12.5 Å². The summed E-state index contributed by atoms with van der Waals surface area (Å²) in [5, 5.41) is 13.0. The topological polar surface area (TPSA) is 49.3 Å². The number of aliphatic hydroxyl groups is 1. The van der Waals surface area contributed by atoms with Crippen LogP contribution in [-0.2, 0) is 4.79 Å². The second kappa shape index (κ2) is 8.35. The Labute approximate surface area is 132 Å². The quantitative estimate of drug-likeness (QED) is 0.822. The zero-order chi connectivity index (χ0) is 15.8. The number of hydrogen-bond acceptors (Lipinski definition) is 2. The summed E-state index contributed by atoms with van der Waals surface area (Å²) in [4.78, 5) is 12.0. The van der Waals surface area contributed by atoms with Crippen molar-refractivity contribution in [3.05, 3.63) is 71.8 Å². The van der Waals surface area contributed by atoms with Gasteiger partial charge in [0.15, 0.2) is 0 Å². The number of nitrogens with one attached hydrogen (secondary N) is 1. The van der Waals surface area contributed by atoms with E-state index in [1.807, 2.05) is 48.5 Å². The molecule has 3 nitrogen and oxygen atoms in total. The molecule has 0 saturated carbocycles. The molecule has 2 rings (SSSR count). The first-order valence-electron chi connectivity index (χ1n) is 7.75. The molecule has 1 amide bonds. The van der Waals surface area contributed by atoms with Gasteiger partial charge in [0.05, 0.1) is 12.5 Å². The summed E-state index contributed by atoms with van der Waals surface area (Å²) in [6.45, 7) is 2.71. The molecular weight excluding hydrogens is 274 g/mol. The third kappa shape index (κ3) is 4.71. The van der Waals surface area contributed by atoms with Crippen molar-refractivity contribution in [3.63, 3.8) is 0 Å². The molecule has 22 heavy (non-hydrogen) atoms. The van der Waals surface area contributed by atoms with Crippen LogP contribution < -0.4 is 5.32 Å². The highest BCUT2D eigenvalue weighted by molar-refractivity contribution is 5.76. The fourth-order valence-corrected chi connectivity index (χ4v) is 2.50. The van der Waals surface area contributed by atoms with Crippen LogP contribution in [0.25, 0.3) is 0 Å². The van der Waals surface area contributed by atoms with Crippen LogP contribution in [-0.4, -0.2) is 17.6 Å². The first-order chi connectivity index (χ1) is 10.7. The highest BCUT2D eigenvalue weighted by atomic mass is 16.3. The molecule has 0 saturated heterocycles. The van der Waals surface area contributed by atoms with Gasteiger partial charge in [-0.15, -0.1) is 0 Å². The summed E-state index contributed by atoms with van der Waals surface area (Å²) < 4.78 is 0. The van der Waals surface area contributed by atoms with Crippen molar-refractivity contribution in [3.8, 4) is 0 Å². The molecule has 0 aliphatic heterocycles. The maximum Gasteiger partial charge on any atom is 0.222 e. The molecule has 2 N–H and O–H groups in total. The summed E-state index contributed by atoms with van der Waals surface area (Å²) in [6.07, 6.45) is 0.304. The molecule has 0 aliphatic carbocycles. The maximum absolute atomic E-state index is 12.0. The molecule has 2 atom stereocenters. The van der Waals surface area contributed by atoms with E-state index in [2.05, 4.69) is 24.4 Å². The van der Waals surface area contributed by atoms with Crippen LogP contribution in [0.2, 0.25) is 0 Å². The van der Waals surface area contributed by atoms with Gasteiger partial charge in [-0.05, 0) is 17.5 Å². The van der Waals surface area contributed by atoms with Crippen LogP contribution in [0.3, 0.4) is 0 Å². The maximum atomic E-state index is 12.0. The molecule has 0 bridgehead atoms. The largest absolute Gasteiger partial charge is 0.388 e. The Hall–Kier alpha value is -2.13. The number of benzene rings is 2. The van der Waals surface area contributed by atoms with Crippen LogP contribution in [0.4, 0.5) is 0 Å². The van der Waals surface area contributed by atoms with Crippen molar-refractivity contribution >= 4 is 5.91 Å². The van der Waals surface area contributed by atoms with Gasteiger partial charge in [0.25, 0.3) is 0 Å². The Morgan fingerprint density at radius 3 is 2.09 bits per heavy atom. The molecule has 0 spiro atoms. The summed E-state index contributed by atoms with van der Waals surface area (Å²) in [7, 11) is 0. The first kappa shape index (κ1) is 16.2. The SMILES string of the molecule is CCC(CNC(=O)CC(O)c1ccccc1)c1ccccc1. The van der Waals surface area contributed by atoms with Crippen molar-refractivity contribution in [2.75, 3.05) is 6.54 Å². The van der Waals surface area contributed by atoms with E-state index >= 15 is 0 Å². The molecule has 2 aromatic rings. The Bertz CT molecular complexity index is 569. The van der Waals surface area contributed by atoms with E-state index in [1.54, 1.807) is 0 Å². The minimum absolute atomic E-state index is 0.0925. The van der Waals surface area contributed by atoms with Crippen molar-refractivity contribution in [2.45, 2.75) is 31.8 Å². The standard InChI is InChI=1S/C19H23NO2/c1-2-15(16-9-5-3-6-10-16)14-20-19(22)13-18(21)17-11-7-4-8-12-17/h3-12,15,18,21H,2,13-14H2,1H3,(H,20,22).